The van der Waals surface area contributed by atoms with E-state index in [1.807, 2.05) is 54.6 Å². The van der Waals surface area contributed by atoms with Crippen LogP contribution in [0.2, 0.25) is 0 Å². The van der Waals surface area contributed by atoms with Crippen LogP contribution in [0, 0.1) is 0 Å². The zero-order chi connectivity index (χ0) is 17.1. The van der Waals surface area contributed by atoms with E-state index in [0.29, 0.717) is 13.2 Å². The van der Waals surface area contributed by atoms with Gasteiger partial charge in [-0.3, -0.25) is 0 Å². The molecule has 25 heavy (non-hydrogen) atoms. The minimum atomic E-state index is -0.531. The molecule has 0 radical (unpaired) electrons. The third kappa shape index (κ3) is 3.72. The van der Waals surface area contributed by atoms with Gasteiger partial charge >= 0.3 is 0 Å². The van der Waals surface area contributed by atoms with Crippen LogP contribution >= 0.6 is 0 Å². The minimum absolute atomic E-state index is 0.00878. The predicted octanol–water partition coefficient (Wildman–Crippen LogP) is 2.39. The molecular weight excluding hydrogens is 318 g/mol. The lowest BCUT2D eigenvalue weighted by Crippen LogP contribution is -2.47. The molecule has 0 bridgehead atoms. The summed E-state index contributed by atoms with van der Waals surface area (Å²) < 4.78 is 17.6. The summed E-state index contributed by atoms with van der Waals surface area (Å²) in [6, 6.07) is 17.3. The van der Waals surface area contributed by atoms with Crippen molar-refractivity contribution in [3.63, 3.8) is 0 Å². The van der Waals surface area contributed by atoms with Gasteiger partial charge in [-0.15, -0.1) is 0 Å². The number of para-hydroxylation sites is 3. The smallest absolute Gasteiger partial charge is 0.161 e. The van der Waals surface area contributed by atoms with Crippen LogP contribution < -0.4 is 19.5 Å². The first-order valence-electron chi connectivity index (χ1n) is 8.81. The standard InChI is InChI=1S/C20H23NO4/c22-20-16(10-11-19(20)24-14-6-2-1-3-7-14)21-12-15-13-23-17-8-4-5-9-18(17)25-15/h1-9,15-16,19-22H,10-13H2/t15-,16+,19+,20+/m0/s1. The summed E-state index contributed by atoms with van der Waals surface area (Å²) in [5, 5.41) is 14.0. The van der Waals surface area contributed by atoms with Crippen molar-refractivity contribution in [2.24, 2.45) is 0 Å². The van der Waals surface area contributed by atoms with Crippen molar-refractivity contribution in [3.8, 4) is 17.2 Å². The summed E-state index contributed by atoms with van der Waals surface area (Å²) in [4.78, 5) is 0. The van der Waals surface area contributed by atoms with Crippen molar-refractivity contribution in [3.05, 3.63) is 54.6 Å². The second kappa shape index (κ2) is 7.33. The molecule has 2 aliphatic rings. The quantitative estimate of drug-likeness (QED) is 0.874. The van der Waals surface area contributed by atoms with E-state index >= 15 is 0 Å². The molecule has 2 N–H and O–H groups in total. The van der Waals surface area contributed by atoms with E-state index < -0.39 is 6.10 Å². The van der Waals surface area contributed by atoms with Crippen LogP contribution in [0.15, 0.2) is 54.6 Å². The second-order valence-electron chi connectivity index (χ2n) is 6.55. The molecule has 2 aromatic rings. The van der Waals surface area contributed by atoms with Gasteiger partial charge in [0.15, 0.2) is 11.5 Å². The second-order valence-corrected chi connectivity index (χ2v) is 6.55. The highest BCUT2D eigenvalue weighted by atomic mass is 16.6. The molecule has 2 aromatic carbocycles. The van der Waals surface area contributed by atoms with E-state index in [1.54, 1.807) is 0 Å². The highest BCUT2D eigenvalue weighted by molar-refractivity contribution is 5.40. The molecule has 0 amide bonds. The first-order chi connectivity index (χ1) is 12.3. The lowest BCUT2D eigenvalue weighted by molar-refractivity contribution is 0.0385. The van der Waals surface area contributed by atoms with Crippen LogP contribution in [0.25, 0.3) is 0 Å². The predicted molar refractivity (Wildman–Crippen MR) is 94.2 cm³/mol. The average Bonchev–Trinajstić information content (AvgIpc) is 3.00. The van der Waals surface area contributed by atoms with E-state index in [9.17, 15) is 5.11 Å². The molecule has 0 unspecified atom stereocenters. The Labute approximate surface area is 147 Å². The number of aliphatic hydroxyl groups excluding tert-OH is 1. The number of nitrogens with one attached hydrogen (secondary N) is 1. The zero-order valence-corrected chi connectivity index (χ0v) is 14.0. The summed E-state index contributed by atoms with van der Waals surface area (Å²) in [7, 11) is 0. The van der Waals surface area contributed by atoms with Gasteiger partial charge in [0.2, 0.25) is 0 Å². The molecule has 4 rings (SSSR count). The highest BCUT2D eigenvalue weighted by Gasteiger charge is 2.36. The van der Waals surface area contributed by atoms with Gasteiger partial charge in [-0.05, 0) is 37.1 Å². The first kappa shape index (κ1) is 16.2. The lowest BCUT2D eigenvalue weighted by atomic mass is 10.2. The van der Waals surface area contributed by atoms with Crippen LogP contribution in [-0.4, -0.2) is 42.6 Å². The summed E-state index contributed by atoms with van der Waals surface area (Å²) in [6.07, 6.45) is 0.943. The van der Waals surface area contributed by atoms with E-state index in [4.69, 9.17) is 14.2 Å². The van der Waals surface area contributed by atoms with Crippen molar-refractivity contribution in [2.75, 3.05) is 13.2 Å². The van der Waals surface area contributed by atoms with E-state index in [1.165, 1.54) is 0 Å². The van der Waals surface area contributed by atoms with Gasteiger partial charge in [-0.25, -0.2) is 0 Å². The fourth-order valence-corrected chi connectivity index (χ4v) is 3.42. The van der Waals surface area contributed by atoms with Crippen molar-refractivity contribution in [1.29, 1.82) is 0 Å². The number of aliphatic hydroxyl groups is 1. The fraction of sp³-hybridized carbons (Fsp3) is 0.400. The number of benzene rings is 2. The van der Waals surface area contributed by atoms with E-state index in [0.717, 1.165) is 30.1 Å². The molecule has 1 heterocycles. The minimum Gasteiger partial charge on any atom is -0.488 e. The average molecular weight is 341 g/mol. The van der Waals surface area contributed by atoms with Crippen molar-refractivity contribution < 1.29 is 19.3 Å². The van der Waals surface area contributed by atoms with Crippen molar-refractivity contribution in [2.45, 2.75) is 37.2 Å². The normalized spacial score (nSPS) is 27.9. The van der Waals surface area contributed by atoms with Crippen LogP contribution in [-0.2, 0) is 0 Å². The zero-order valence-electron chi connectivity index (χ0n) is 14.0. The summed E-state index contributed by atoms with van der Waals surface area (Å²) in [6.45, 7) is 1.14. The van der Waals surface area contributed by atoms with Crippen LogP contribution in [0.4, 0.5) is 0 Å². The maximum absolute atomic E-state index is 10.5. The topological polar surface area (TPSA) is 60.0 Å². The Morgan fingerprint density at radius 1 is 1.00 bits per heavy atom. The maximum Gasteiger partial charge on any atom is 0.161 e. The first-order valence-corrected chi connectivity index (χ1v) is 8.81. The van der Waals surface area contributed by atoms with Gasteiger partial charge in [-0.2, -0.15) is 0 Å². The molecule has 0 aromatic heterocycles. The summed E-state index contributed by atoms with van der Waals surface area (Å²) >= 11 is 0. The third-order valence-electron chi connectivity index (χ3n) is 4.76. The molecular formula is C20H23NO4. The van der Waals surface area contributed by atoms with Gasteiger partial charge in [-0.1, -0.05) is 30.3 Å². The molecule has 132 valence electrons. The molecule has 4 atom stereocenters. The Balaban J connectivity index is 1.28. The molecule has 0 spiro atoms. The van der Waals surface area contributed by atoms with Crippen LogP contribution in [0.1, 0.15) is 12.8 Å². The van der Waals surface area contributed by atoms with Crippen molar-refractivity contribution >= 4 is 0 Å². The lowest BCUT2D eigenvalue weighted by Gasteiger charge is -2.28. The van der Waals surface area contributed by atoms with Crippen LogP contribution in [0.5, 0.6) is 17.2 Å². The Morgan fingerprint density at radius 2 is 1.76 bits per heavy atom. The van der Waals surface area contributed by atoms with Gasteiger partial charge in [0.1, 0.15) is 30.7 Å². The number of hydrogen-bond donors (Lipinski definition) is 2. The molecule has 5 heteroatoms. The summed E-state index contributed by atoms with van der Waals surface area (Å²) in [5.74, 6) is 2.36. The molecule has 1 saturated carbocycles. The third-order valence-corrected chi connectivity index (χ3v) is 4.76. The fourth-order valence-electron chi connectivity index (χ4n) is 3.42. The number of hydrogen-bond acceptors (Lipinski definition) is 5. The SMILES string of the molecule is O[C@@H]1[C@H](NC[C@H]2COc3ccccc3O2)CC[C@H]1Oc1ccccc1. The Hall–Kier alpha value is -2.24. The molecule has 1 fully saturated rings. The largest absolute Gasteiger partial charge is 0.488 e. The van der Waals surface area contributed by atoms with Gasteiger partial charge in [0, 0.05) is 12.6 Å². The Morgan fingerprint density at radius 3 is 2.60 bits per heavy atom. The molecule has 5 nitrogen and oxygen atoms in total. The van der Waals surface area contributed by atoms with E-state index in [-0.39, 0.29) is 18.2 Å². The molecule has 1 aliphatic heterocycles. The number of fused-ring (bicyclic) bond motifs is 1. The Kier molecular flexibility index (Phi) is 4.76. The van der Waals surface area contributed by atoms with Gasteiger partial charge in [0.25, 0.3) is 0 Å². The van der Waals surface area contributed by atoms with Crippen molar-refractivity contribution in [1.82, 2.24) is 5.32 Å². The number of ether oxygens (including phenoxy) is 3. The monoisotopic (exact) mass is 341 g/mol. The van der Waals surface area contributed by atoms with E-state index in [2.05, 4.69) is 5.32 Å². The van der Waals surface area contributed by atoms with Gasteiger partial charge in [0.05, 0.1) is 0 Å². The number of rotatable bonds is 5. The highest BCUT2D eigenvalue weighted by Crippen LogP contribution is 2.31. The molecule has 1 aliphatic carbocycles. The Bertz CT molecular complexity index is 693. The maximum atomic E-state index is 10.5. The van der Waals surface area contributed by atoms with Crippen LogP contribution in [0.3, 0.4) is 0 Å². The molecule has 0 saturated heterocycles. The van der Waals surface area contributed by atoms with Gasteiger partial charge < -0.3 is 24.6 Å². The summed E-state index contributed by atoms with van der Waals surface area (Å²) in [5.41, 5.74) is 0.